The van der Waals surface area contributed by atoms with Crippen LogP contribution in [0, 0.1) is 0 Å². The predicted octanol–water partition coefficient (Wildman–Crippen LogP) is 3.48. The molecule has 1 fully saturated rings. The van der Waals surface area contributed by atoms with E-state index < -0.39 is 0 Å². The fourth-order valence-corrected chi connectivity index (χ4v) is 2.88. The Morgan fingerprint density at radius 1 is 1.48 bits per heavy atom. The van der Waals surface area contributed by atoms with Crippen molar-refractivity contribution in [2.45, 2.75) is 57.6 Å². The van der Waals surface area contributed by atoms with Crippen LogP contribution in [-0.2, 0) is 4.74 Å². The number of pyridine rings is 1. The van der Waals surface area contributed by atoms with Crippen molar-refractivity contribution in [3.8, 4) is 5.75 Å². The first-order chi connectivity index (χ1) is 10.3. The second kappa shape index (κ2) is 9.00. The van der Waals surface area contributed by atoms with Crippen LogP contribution in [0.1, 0.15) is 57.2 Å². The van der Waals surface area contributed by atoms with Crippen molar-refractivity contribution in [3.05, 3.63) is 24.0 Å². The summed E-state index contributed by atoms with van der Waals surface area (Å²) in [4.78, 5) is 4.54. The molecule has 0 aliphatic carbocycles. The number of rotatable bonds is 8. The zero-order valence-electron chi connectivity index (χ0n) is 13.3. The van der Waals surface area contributed by atoms with Gasteiger partial charge < -0.3 is 14.8 Å². The van der Waals surface area contributed by atoms with Gasteiger partial charge in [-0.3, -0.25) is 4.98 Å². The SMILES string of the molecule is CCCNC(CCC1CCCCO1)c1ncccc1OC. The molecule has 21 heavy (non-hydrogen) atoms. The van der Waals surface area contributed by atoms with Gasteiger partial charge in [0.05, 0.1) is 24.9 Å². The normalized spacial score (nSPS) is 20.2. The summed E-state index contributed by atoms with van der Waals surface area (Å²) >= 11 is 0. The Morgan fingerprint density at radius 3 is 3.10 bits per heavy atom. The summed E-state index contributed by atoms with van der Waals surface area (Å²) in [6.45, 7) is 4.10. The lowest BCUT2D eigenvalue weighted by molar-refractivity contribution is 0.00844. The summed E-state index contributed by atoms with van der Waals surface area (Å²) in [7, 11) is 1.71. The van der Waals surface area contributed by atoms with Gasteiger partial charge in [0.15, 0.2) is 0 Å². The van der Waals surface area contributed by atoms with Crippen molar-refractivity contribution in [2.75, 3.05) is 20.3 Å². The lowest BCUT2D eigenvalue weighted by Crippen LogP contribution is -2.26. The van der Waals surface area contributed by atoms with Gasteiger partial charge in [0.1, 0.15) is 5.75 Å². The number of hydrogen-bond acceptors (Lipinski definition) is 4. The van der Waals surface area contributed by atoms with Crippen LogP contribution in [0.2, 0.25) is 0 Å². The number of ether oxygens (including phenoxy) is 2. The van der Waals surface area contributed by atoms with E-state index in [0.29, 0.717) is 6.10 Å². The van der Waals surface area contributed by atoms with E-state index in [1.165, 1.54) is 19.3 Å². The van der Waals surface area contributed by atoms with Crippen LogP contribution < -0.4 is 10.1 Å². The van der Waals surface area contributed by atoms with Gasteiger partial charge in [-0.2, -0.15) is 0 Å². The second-order valence-corrected chi connectivity index (χ2v) is 5.66. The smallest absolute Gasteiger partial charge is 0.141 e. The molecule has 1 aliphatic rings. The average molecular weight is 292 g/mol. The molecule has 2 rings (SSSR count). The van der Waals surface area contributed by atoms with Gasteiger partial charge in [-0.05, 0) is 57.2 Å². The summed E-state index contributed by atoms with van der Waals surface area (Å²) in [5.74, 6) is 0.871. The van der Waals surface area contributed by atoms with Crippen LogP contribution in [0.5, 0.6) is 5.75 Å². The first kappa shape index (κ1) is 16.2. The standard InChI is InChI=1S/C17H28N2O2/c1-3-11-18-15(10-9-14-7-4-5-13-21-14)17-16(20-2)8-6-12-19-17/h6,8,12,14-15,18H,3-5,7,9-11,13H2,1-2H3. The molecule has 118 valence electrons. The Bertz CT molecular complexity index is 406. The van der Waals surface area contributed by atoms with Crippen LogP contribution in [0.25, 0.3) is 0 Å². The van der Waals surface area contributed by atoms with Gasteiger partial charge >= 0.3 is 0 Å². The minimum absolute atomic E-state index is 0.242. The Morgan fingerprint density at radius 2 is 2.38 bits per heavy atom. The lowest BCUT2D eigenvalue weighted by Gasteiger charge is -2.25. The third-order valence-electron chi connectivity index (χ3n) is 4.04. The molecule has 0 radical (unpaired) electrons. The molecule has 1 N–H and O–H groups in total. The third-order valence-corrected chi connectivity index (χ3v) is 4.04. The van der Waals surface area contributed by atoms with Gasteiger partial charge in [0.2, 0.25) is 0 Å². The molecule has 1 aromatic rings. The number of nitrogens with one attached hydrogen (secondary N) is 1. The van der Waals surface area contributed by atoms with Crippen LogP contribution in [0.3, 0.4) is 0 Å². The van der Waals surface area contributed by atoms with Crippen molar-refractivity contribution < 1.29 is 9.47 Å². The van der Waals surface area contributed by atoms with E-state index in [1.807, 2.05) is 18.3 Å². The molecule has 4 nitrogen and oxygen atoms in total. The molecule has 0 amide bonds. The molecule has 1 aliphatic heterocycles. The minimum Gasteiger partial charge on any atom is -0.495 e. The fourth-order valence-electron chi connectivity index (χ4n) is 2.88. The van der Waals surface area contributed by atoms with Gasteiger partial charge in [0, 0.05) is 12.8 Å². The summed E-state index contributed by atoms with van der Waals surface area (Å²) in [6.07, 6.45) is 9.20. The highest BCUT2D eigenvalue weighted by molar-refractivity contribution is 5.29. The van der Waals surface area contributed by atoms with Crippen molar-refractivity contribution in [2.24, 2.45) is 0 Å². The number of methoxy groups -OCH3 is 1. The predicted molar refractivity (Wildman–Crippen MR) is 84.6 cm³/mol. The van der Waals surface area contributed by atoms with Crippen molar-refractivity contribution in [1.29, 1.82) is 0 Å². The molecule has 0 bridgehead atoms. The van der Waals surface area contributed by atoms with Crippen molar-refractivity contribution in [1.82, 2.24) is 10.3 Å². The van der Waals surface area contributed by atoms with Crippen molar-refractivity contribution >= 4 is 0 Å². The van der Waals surface area contributed by atoms with E-state index in [-0.39, 0.29) is 6.04 Å². The lowest BCUT2D eigenvalue weighted by atomic mass is 9.99. The molecule has 2 heterocycles. The quantitative estimate of drug-likeness (QED) is 0.796. The Hall–Kier alpha value is -1.13. The molecular weight excluding hydrogens is 264 g/mol. The van der Waals surface area contributed by atoms with E-state index in [0.717, 1.165) is 43.9 Å². The number of aromatic nitrogens is 1. The van der Waals surface area contributed by atoms with Gasteiger partial charge in [-0.15, -0.1) is 0 Å². The Kier molecular flexibility index (Phi) is 6.96. The maximum Gasteiger partial charge on any atom is 0.141 e. The average Bonchev–Trinajstić information content (AvgIpc) is 2.56. The molecule has 0 spiro atoms. The summed E-state index contributed by atoms with van der Waals surface area (Å²) in [5, 5.41) is 3.60. The third kappa shape index (κ3) is 4.97. The number of hydrogen-bond donors (Lipinski definition) is 1. The molecule has 0 aromatic carbocycles. The monoisotopic (exact) mass is 292 g/mol. The molecule has 0 saturated carbocycles. The fraction of sp³-hybridized carbons (Fsp3) is 0.706. The van der Waals surface area contributed by atoms with Gasteiger partial charge in [-0.25, -0.2) is 0 Å². The minimum atomic E-state index is 0.242. The van der Waals surface area contributed by atoms with E-state index in [1.54, 1.807) is 7.11 Å². The topological polar surface area (TPSA) is 43.4 Å². The molecular formula is C17H28N2O2. The summed E-state index contributed by atoms with van der Waals surface area (Å²) in [6, 6.07) is 4.15. The highest BCUT2D eigenvalue weighted by atomic mass is 16.5. The highest BCUT2D eigenvalue weighted by Crippen LogP contribution is 2.28. The van der Waals surface area contributed by atoms with Gasteiger partial charge in [0.25, 0.3) is 0 Å². The van der Waals surface area contributed by atoms with Crippen LogP contribution >= 0.6 is 0 Å². The highest BCUT2D eigenvalue weighted by Gasteiger charge is 2.20. The summed E-state index contributed by atoms with van der Waals surface area (Å²) in [5.41, 5.74) is 1.02. The van der Waals surface area contributed by atoms with E-state index in [2.05, 4.69) is 17.2 Å². The van der Waals surface area contributed by atoms with E-state index in [9.17, 15) is 0 Å². The maximum atomic E-state index is 5.85. The molecule has 2 atom stereocenters. The molecule has 1 saturated heterocycles. The molecule has 4 heteroatoms. The second-order valence-electron chi connectivity index (χ2n) is 5.66. The molecule has 1 aromatic heterocycles. The van der Waals surface area contributed by atoms with Crippen LogP contribution in [0.15, 0.2) is 18.3 Å². The Labute approximate surface area is 128 Å². The van der Waals surface area contributed by atoms with Crippen LogP contribution in [0.4, 0.5) is 0 Å². The van der Waals surface area contributed by atoms with Crippen LogP contribution in [-0.4, -0.2) is 31.3 Å². The van der Waals surface area contributed by atoms with Gasteiger partial charge in [-0.1, -0.05) is 6.92 Å². The molecule has 2 unspecified atom stereocenters. The zero-order valence-corrected chi connectivity index (χ0v) is 13.3. The van der Waals surface area contributed by atoms with Crippen molar-refractivity contribution in [3.63, 3.8) is 0 Å². The first-order valence-corrected chi connectivity index (χ1v) is 8.19. The maximum absolute atomic E-state index is 5.85. The first-order valence-electron chi connectivity index (χ1n) is 8.19. The largest absolute Gasteiger partial charge is 0.495 e. The zero-order chi connectivity index (χ0) is 14.9. The van der Waals surface area contributed by atoms with E-state index in [4.69, 9.17) is 9.47 Å². The Balaban J connectivity index is 1.99. The van der Waals surface area contributed by atoms with E-state index >= 15 is 0 Å². The summed E-state index contributed by atoms with van der Waals surface area (Å²) < 4.78 is 11.3. The number of nitrogens with zero attached hydrogens (tertiary/aromatic N) is 1.